The number of esters is 1. The minimum atomic E-state index is -0.767. The van der Waals surface area contributed by atoms with E-state index >= 15 is 0 Å². The van der Waals surface area contributed by atoms with E-state index in [1.807, 2.05) is 0 Å². The molecule has 14 heavy (non-hydrogen) atoms. The molecule has 0 spiro atoms. The average Bonchev–Trinajstić information content (AvgIpc) is 1.96. The molecule has 0 radical (unpaired) electrons. The predicted octanol–water partition coefficient (Wildman–Crippen LogP) is -0.258. The Kier molecular flexibility index (Phi) is 1.67. The standard InChI is InChI=1S/C9H13NO4/c1-14-6(11)5(10)8-2-9(3-8,4-8)7(12)13/h5H,2-4,10H2,1H3,(H,12,13). The second-order valence-corrected chi connectivity index (χ2v) is 4.48. The third-order valence-electron chi connectivity index (χ3n) is 3.64. The first-order chi connectivity index (χ1) is 6.46. The van der Waals surface area contributed by atoms with Gasteiger partial charge in [0.15, 0.2) is 0 Å². The van der Waals surface area contributed by atoms with Crippen LogP contribution in [0.15, 0.2) is 0 Å². The lowest BCUT2D eigenvalue weighted by Crippen LogP contribution is -2.72. The zero-order valence-electron chi connectivity index (χ0n) is 7.95. The number of hydrogen-bond acceptors (Lipinski definition) is 4. The van der Waals surface area contributed by atoms with Crippen molar-refractivity contribution in [2.24, 2.45) is 16.6 Å². The molecule has 3 rings (SSSR count). The van der Waals surface area contributed by atoms with Gasteiger partial charge in [-0.05, 0) is 24.7 Å². The molecule has 3 saturated carbocycles. The van der Waals surface area contributed by atoms with E-state index in [1.165, 1.54) is 7.11 Å². The van der Waals surface area contributed by atoms with E-state index in [0.717, 1.165) is 0 Å². The molecule has 0 amide bonds. The Morgan fingerprint density at radius 3 is 2.29 bits per heavy atom. The van der Waals surface area contributed by atoms with Crippen LogP contribution in [0.4, 0.5) is 0 Å². The van der Waals surface area contributed by atoms with E-state index in [4.69, 9.17) is 10.8 Å². The summed E-state index contributed by atoms with van der Waals surface area (Å²) in [5.74, 6) is -1.21. The van der Waals surface area contributed by atoms with Crippen LogP contribution in [0.1, 0.15) is 19.3 Å². The molecular formula is C9H13NO4. The Hall–Kier alpha value is -1.10. The Labute approximate surface area is 81.2 Å². The fourth-order valence-corrected chi connectivity index (χ4v) is 2.80. The van der Waals surface area contributed by atoms with Crippen molar-refractivity contribution in [3.05, 3.63) is 0 Å². The zero-order valence-corrected chi connectivity index (χ0v) is 7.95. The molecule has 0 aliphatic heterocycles. The number of carbonyl (C=O) groups excluding carboxylic acids is 1. The van der Waals surface area contributed by atoms with Gasteiger partial charge in [0, 0.05) is 0 Å². The van der Waals surface area contributed by atoms with Gasteiger partial charge in [-0.25, -0.2) is 0 Å². The summed E-state index contributed by atoms with van der Waals surface area (Å²) in [6.45, 7) is 0. The summed E-state index contributed by atoms with van der Waals surface area (Å²) < 4.78 is 4.54. The maximum atomic E-state index is 11.2. The summed E-state index contributed by atoms with van der Waals surface area (Å²) in [4.78, 5) is 21.9. The molecule has 1 unspecified atom stereocenters. The van der Waals surface area contributed by atoms with E-state index in [0.29, 0.717) is 19.3 Å². The summed E-state index contributed by atoms with van der Waals surface area (Å²) in [7, 11) is 1.29. The molecule has 0 aromatic carbocycles. The van der Waals surface area contributed by atoms with Crippen LogP contribution in [-0.4, -0.2) is 30.2 Å². The lowest BCUT2D eigenvalue weighted by Gasteiger charge is -2.69. The van der Waals surface area contributed by atoms with Gasteiger partial charge in [-0.2, -0.15) is 0 Å². The second kappa shape index (κ2) is 2.48. The van der Waals surface area contributed by atoms with Crippen LogP contribution in [0.5, 0.6) is 0 Å². The number of nitrogens with two attached hydrogens (primary N) is 1. The lowest BCUT2D eigenvalue weighted by molar-refractivity contribution is -0.232. The third-order valence-corrected chi connectivity index (χ3v) is 3.64. The zero-order chi connectivity index (χ0) is 10.6. The van der Waals surface area contributed by atoms with E-state index in [1.54, 1.807) is 0 Å². The molecule has 0 aromatic heterocycles. The van der Waals surface area contributed by atoms with Crippen molar-refractivity contribution in [3.63, 3.8) is 0 Å². The molecule has 1 atom stereocenters. The smallest absolute Gasteiger partial charge is 0.323 e. The van der Waals surface area contributed by atoms with Crippen LogP contribution in [0, 0.1) is 10.8 Å². The van der Waals surface area contributed by atoms with Crippen LogP contribution in [0.2, 0.25) is 0 Å². The highest BCUT2D eigenvalue weighted by molar-refractivity contribution is 5.83. The Morgan fingerprint density at radius 2 is 1.93 bits per heavy atom. The number of ether oxygens (including phenoxy) is 1. The molecule has 5 nitrogen and oxygen atoms in total. The van der Waals surface area contributed by atoms with Gasteiger partial charge >= 0.3 is 11.9 Å². The maximum Gasteiger partial charge on any atom is 0.323 e. The van der Waals surface area contributed by atoms with E-state index < -0.39 is 23.4 Å². The molecule has 0 aromatic rings. The molecule has 5 heteroatoms. The predicted molar refractivity (Wildman–Crippen MR) is 46.3 cm³/mol. The quantitative estimate of drug-likeness (QED) is 0.611. The highest BCUT2D eigenvalue weighted by Gasteiger charge is 2.74. The van der Waals surface area contributed by atoms with Crippen molar-refractivity contribution in [1.82, 2.24) is 0 Å². The number of rotatable bonds is 3. The van der Waals surface area contributed by atoms with Crippen LogP contribution in [-0.2, 0) is 14.3 Å². The highest BCUT2D eigenvalue weighted by atomic mass is 16.5. The van der Waals surface area contributed by atoms with Gasteiger partial charge in [0.1, 0.15) is 6.04 Å². The monoisotopic (exact) mass is 199 g/mol. The van der Waals surface area contributed by atoms with Gasteiger partial charge in [0.05, 0.1) is 12.5 Å². The Balaban J connectivity index is 2.00. The minimum Gasteiger partial charge on any atom is -0.481 e. The topological polar surface area (TPSA) is 89.6 Å². The van der Waals surface area contributed by atoms with E-state index in [-0.39, 0.29) is 5.41 Å². The summed E-state index contributed by atoms with van der Waals surface area (Å²) in [5, 5.41) is 8.87. The molecule has 3 fully saturated rings. The lowest BCUT2D eigenvalue weighted by atomic mass is 9.33. The fourth-order valence-electron chi connectivity index (χ4n) is 2.80. The third kappa shape index (κ3) is 0.877. The number of aliphatic carboxylic acids is 1. The second-order valence-electron chi connectivity index (χ2n) is 4.48. The molecule has 0 heterocycles. The Bertz CT molecular complexity index is 292. The van der Waals surface area contributed by atoms with Crippen LogP contribution in [0.25, 0.3) is 0 Å². The number of methoxy groups -OCH3 is 1. The van der Waals surface area contributed by atoms with Crippen molar-refractivity contribution in [2.75, 3.05) is 7.11 Å². The van der Waals surface area contributed by atoms with E-state index in [9.17, 15) is 9.59 Å². The summed E-state index contributed by atoms with van der Waals surface area (Å²) >= 11 is 0. The number of hydrogen-bond donors (Lipinski definition) is 2. The van der Waals surface area contributed by atoms with Gasteiger partial charge in [0.2, 0.25) is 0 Å². The number of carboxylic acid groups (broad SMARTS) is 1. The van der Waals surface area contributed by atoms with Gasteiger partial charge in [0.25, 0.3) is 0 Å². The van der Waals surface area contributed by atoms with Crippen LogP contribution in [0.3, 0.4) is 0 Å². The molecule has 0 saturated heterocycles. The largest absolute Gasteiger partial charge is 0.481 e. The fraction of sp³-hybridized carbons (Fsp3) is 0.778. The number of carboxylic acids is 1. The molecule has 2 bridgehead atoms. The molecule has 78 valence electrons. The first-order valence-corrected chi connectivity index (χ1v) is 4.53. The van der Waals surface area contributed by atoms with Crippen molar-refractivity contribution in [3.8, 4) is 0 Å². The molecule has 3 aliphatic carbocycles. The van der Waals surface area contributed by atoms with Gasteiger partial charge in [-0.1, -0.05) is 0 Å². The number of carbonyl (C=O) groups is 2. The summed E-state index contributed by atoms with van der Waals surface area (Å²) in [6, 6.07) is -0.659. The SMILES string of the molecule is COC(=O)C(N)C12CC(C(=O)O)(C1)C2. The highest BCUT2D eigenvalue weighted by Crippen LogP contribution is 2.74. The summed E-state index contributed by atoms with van der Waals surface area (Å²) in [6.07, 6.45) is 1.56. The van der Waals surface area contributed by atoms with Crippen LogP contribution < -0.4 is 5.73 Å². The maximum absolute atomic E-state index is 11.2. The van der Waals surface area contributed by atoms with Crippen molar-refractivity contribution < 1.29 is 19.4 Å². The first-order valence-electron chi connectivity index (χ1n) is 4.53. The van der Waals surface area contributed by atoms with Crippen molar-refractivity contribution >= 4 is 11.9 Å². The molecular weight excluding hydrogens is 186 g/mol. The minimum absolute atomic E-state index is 0.286. The van der Waals surface area contributed by atoms with E-state index in [2.05, 4.69) is 4.74 Å². The average molecular weight is 199 g/mol. The molecule has 3 aliphatic rings. The first kappa shape index (κ1) is 9.45. The summed E-state index contributed by atoms with van der Waals surface area (Å²) in [5.41, 5.74) is 4.83. The van der Waals surface area contributed by atoms with Crippen molar-refractivity contribution in [1.29, 1.82) is 0 Å². The van der Waals surface area contributed by atoms with Crippen LogP contribution >= 0.6 is 0 Å². The van der Waals surface area contributed by atoms with Gasteiger partial charge in [-0.3, -0.25) is 9.59 Å². The normalized spacial score (nSPS) is 40.4. The van der Waals surface area contributed by atoms with Gasteiger partial charge in [-0.15, -0.1) is 0 Å². The molecule has 3 N–H and O–H groups in total. The Morgan fingerprint density at radius 1 is 1.43 bits per heavy atom. The van der Waals surface area contributed by atoms with Crippen molar-refractivity contribution in [2.45, 2.75) is 25.3 Å². The van der Waals surface area contributed by atoms with Gasteiger partial charge < -0.3 is 15.6 Å².